The molecule has 1 nitrogen and oxygen atoms in total. The third-order valence-corrected chi connectivity index (χ3v) is 3.31. The number of hydrogen-bond acceptors (Lipinski definition) is 0. The van der Waals surface area contributed by atoms with E-state index < -0.39 is 0 Å². The molecule has 0 rings (SSSR count). The summed E-state index contributed by atoms with van der Waals surface area (Å²) >= 11 is 0. The van der Waals surface area contributed by atoms with Gasteiger partial charge in [-0.2, -0.15) is 0 Å². The normalized spacial score (nSPS) is 11.1. The number of quaternary nitrogens is 1. The molecule has 0 aromatic heterocycles. The van der Waals surface area contributed by atoms with Gasteiger partial charge in [0.25, 0.3) is 0 Å². The van der Waals surface area contributed by atoms with Crippen molar-refractivity contribution in [2.24, 2.45) is 0 Å². The zero-order valence-electron chi connectivity index (χ0n) is 10.6. The van der Waals surface area contributed by atoms with Crippen molar-refractivity contribution in [3.05, 3.63) is 0 Å². The van der Waals surface area contributed by atoms with Crippen molar-refractivity contribution in [3.63, 3.8) is 0 Å². The molecule has 2 heteroatoms. The predicted molar refractivity (Wildman–Crippen MR) is 60.9 cm³/mol. The first-order valence-corrected chi connectivity index (χ1v) is 6.09. The molecule has 0 saturated heterocycles. The molecular weight excluding hydrogens is 337 g/mol. The first kappa shape index (κ1) is 17.2. The van der Waals surface area contributed by atoms with Crippen LogP contribution in [0, 0.1) is 0 Å². The van der Waals surface area contributed by atoms with E-state index in [1.807, 2.05) is 0 Å². The van der Waals surface area contributed by atoms with Crippen LogP contribution in [0.25, 0.3) is 0 Å². The molecule has 0 spiro atoms. The number of rotatable bonds is 8. The van der Waals surface area contributed by atoms with Crippen molar-refractivity contribution >= 4 is 0 Å². The van der Waals surface area contributed by atoms with Crippen molar-refractivity contribution in [2.75, 3.05) is 26.2 Å². The molecule has 0 aliphatic heterocycles. The minimum atomic E-state index is 0. The van der Waals surface area contributed by atoms with Gasteiger partial charge >= 0.3 is 0 Å². The monoisotopic (exact) mass is 366 g/mol. The van der Waals surface area contributed by atoms with Gasteiger partial charge in [-0.05, 0) is 26.7 Å². The Kier molecular flexibility index (Phi) is 12.7. The Hall–Kier alpha value is 0.830. The number of unbranched alkanes of at least 4 members (excludes halogenated alkanes) is 2. The second-order valence-corrected chi connectivity index (χ2v) is 4.13. The third kappa shape index (κ3) is 6.34. The van der Waals surface area contributed by atoms with E-state index in [0.717, 1.165) is 0 Å². The predicted octanol–water partition coefficient (Wildman–Crippen LogP) is 3.44. The van der Waals surface area contributed by atoms with Gasteiger partial charge < -0.3 is 4.48 Å². The summed E-state index contributed by atoms with van der Waals surface area (Å²) in [5, 5.41) is 0. The average Bonchev–Trinajstić information content (AvgIpc) is 2.20. The van der Waals surface area contributed by atoms with E-state index in [9.17, 15) is 0 Å². The first-order valence-electron chi connectivity index (χ1n) is 6.09. The maximum Gasteiger partial charge on any atom is 0.0786 e. The molecular formula is C12H28HfN+. The van der Waals surface area contributed by atoms with Crippen LogP contribution in [0.5, 0.6) is 0 Å². The Balaban J connectivity index is 0. The molecule has 0 fully saturated rings. The molecule has 0 aliphatic rings. The van der Waals surface area contributed by atoms with E-state index in [-0.39, 0.29) is 25.8 Å². The van der Waals surface area contributed by atoms with Crippen molar-refractivity contribution in [3.8, 4) is 0 Å². The summed E-state index contributed by atoms with van der Waals surface area (Å²) in [5.41, 5.74) is 0. The molecule has 0 radical (unpaired) electrons. The van der Waals surface area contributed by atoms with Gasteiger partial charge in [0.05, 0.1) is 26.2 Å². The van der Waals surface area contributed by atoms with Crippen molar-refractivity contribution < 1.29 is 30.3 Å². The van der Waals surface area contributed by atoms with Crippen LogP contribution < -0.4 is 0 Å². The molecule has 0 aliphatic carbocycles. The van der Waals surface area contributed by atoms with Gasteiger partial charge in [0, 0.05) is 25.8 Å². The van der Waals surface area contributed by atoms with Crippen molar-refractivity contribution in [1.82, 2.24) is 0 Å². The van der Waals surface area contributed by atoms with E-state index in [0.29, 0.717) is 0 Å². The van der Waals surface area contributed by atoms with Gasteiger partial charge in [-0.25, -0.2) is 0 Å². The fraction of sp³-hybridized carbons (Fsp3) is 1.00. The number of nitrogens with zero attached hydrogens (tertiary/aromatic N) is 1. The first-order chi connectivity index (χ1) is 6.24. The summed E-state index contributed by atoms with van der Waals surface area (Å²) in [5.74, 6) is 0. The van der Waals surface area contributed by atoms with Gasteiger partial charge in [0.15, 0.2) is 0 Å². The minimum Gasteiger partial charge on any atom is -0.324 e. The van der Waals surface area contributed by atoms with Crippen LogP contribution in [-0.2, 0) is 25.8 Å². The summed E-state index contributed by atoms with van der Waals surface area (Å²) in [6.45, 7) is 14.7. The Labute approximate surface area is 110 Å². The molecule has 0 bridgehead atoms. The van der Waals surface area contributed by atoms with Crippen LogP contribution in [-0.4, -0.2) is 30.7 Å². The topological polar surface area (TPSA) is 0 Å². The summed E-state index contributed by atoms with van der Waals surface area (Å²) in [4.78, 5) is 0. The van der Waals surface area contributed by atoms with Crippen LogP contribution in [0.1, 0.15) is 53.4 Å². The maximum atomic E-state index is 2.34. The van der Waals surface area contributed by atoms with Gasteiger partial charge in [0.1, 0.15) is 0 Å². The Bertz CT molecular complexity index is 101. The van der Waals surface area contributed by atoms with E-state index in [1.165, 1.54) is 56.3 Å². The van der Waals surface area contributed by atoms with Crippen LogP contribution in [0.15, 0.2) is 0 Å². The fourth-order valence-electron chi connectivity index (χ4n) is 1.95. The average molecular weight is 365 g/mol. The van der Waals surface area contributed by atoms with E-state index in [2.05, 4.69) is 27.7 Å². The standard InChI is InChI=1S/C12H28N.Hf/c1-5-9-11-13(7-3,8-4)12-10-6-2;/h5-12H2,1-4H3;/q+1;. The van der Waals surface area contributed by atoms with Gasteiger partial charge in [-0.15, -0.1) is 0 Å². The van der Waals surface area contributed by atoms with Crippen molar-refractivity contribution in [1.29, 1.82) is 0 Å². The van der Waals surface area contributed by atoms with Crippen molar-refractivity contribution in [2.45, 2.75) is 53.4 Å². The third-order valence-electron chi connectivity index (χ3n) is 3.31. The summed E-state index contributed by atoms with van der Waals surface area (Å²) in [6, 6.07) is 0. The molecule has 0 aromatic carbocycles. The van der Waals surface area contributed by atoms with Crippen LogP contribution in [0.4, 0.5) is 0 Å². The SMILES string of the molecule is CCCC[N+](CC)(CC)CCCC.[Hf]. The Morgan fingerprint density at radius 3 is 1.29 bits per heavy atom. The molecule has 84 valence electrons. The molecule has 0 saturated carbocycles. The second-order valence-electron chi connectivity index (χ2n) is 4.13. The molecule has 14 heavy (non-hydrogen) atoms. The molecule has 0 heterocycles. The van der Waals surface area contributed by atoms with Gasteiger partial charge in [0.2, 0.25) is 0 Å². The van der Waals surface area contributed by atoms with E-state index in [4.69, 9.17) is 0 Å². The quantitative estimate of drug-likeness (QED) is 0.457. The molecule has 0 aromatic rings. The minimum absolute atomic E-state index is 0. The number of hydrogen-bond donors (Lipinski definition) is 0. The van der Waals surface area contributed by atoms with Gasteiger partial charge in [-0.3, -0.25) is 0 Å². The Morgan fingerprint density at radius 1 is 0.714 bits per heavy atom. The molecule has 0 N–H and O–H groups in total. The molecule has 0 atom stereocenters. The zero-order valence-corrected chi connectivity index (χ0v) is 14.2. The fourth-order valence-corrected chi connectivity index (χ4v) is 1.95. The maximum absolute atomic E-state index is 2.34. The van der Waals surface area contributed by atoms with E-state index in [1.54, 1.807) is 0 Å². The van der Waals surface area contributed by atoms with Crippen LogP contribution >= 0.6 is 0 Å². The summed E-state index contributed by atoms with van der Waals surface area (Å²) in [6.07, 6.45) is 5.47. The zero-order chi connectivity index (χ0) is 10.2. The van der Waals surface area contributed by atoms with Crippen LogP contribution in [0.2, 0.25) is 0 Å². The van der Waals surface area contributed by atoms with Crippen LogP contribution in [0.3, 0.4) is 0 Å². The Morgan fingerprint density at radius 2 is 1.07 bits per heavy atom. The molecule has 0 unspecified atom stereocenters. The van der Waals surface area contributed by atoms with E-state index >= 15 is 0 Å². The summed E-state index contributed by atoms with van der Waals surface area (Å²) < 4.78 is 1.35. The summed E-state index contributed by atoms with van der Waals surface area (Å²) in [7, 11) is 0. The smallest absolute Gasteiger partial charge is 0.0786 e. The largest absolute Gasteiger partial charge is 0.324 e. The molecule has 0 amide bonds. The van der Waals surface area contributed by atoms with Gasteiger partial charge in [-0.1, -0.05) is 26.7 Å². The second kappa shape index (κ2) is 10.4.